The van der Waals surface area contributed by atoms with E-state index in [2.05, 4.69) is 9.05 Å². The zero-order valence-corrected chi connectivity index (χ0v) is 6.43. The van der Waals surface area contributed by atoms with Crippen LogP contribution in [-0.4, -0.2) is 18.6 Å². The first-order chi connectivity index (χ1) is 4.12. The van der Waals surface area contributed by atoms with Gasteiger partial charge in [-0.2, -0.15) is 0 Å². The Balaban J connectivity index is 3.46. The fourth-order valence-corrected chi connectivity index (χ4v) is 0.778. The van der Waals surface area contributed by atoms with Gasteiger partial charge < -0.3 is 4.89 Å². The summed E-state index contributed by atoms with van der Waals surface area (Å²) in [6.07, 6.45) is 0.702. The van der Waals surface area contributed by atoms with Gasteiger partial charge in [-0.15, -0.1) is 0 Å². The van der Waals surface area contributed by atoms with E-state index in [0.717, 1.165) is 7.11 Å². The molecular weight excluding hydrogens is 143 g/mol. The van der Waals surface area contributed by atoms with Crippen LogP contribution in [0.4, 0.5) is 0 Å². The van der Waals surface area contributed by atoms with Crippen LogP contribution in [0.3, 0.4) is 0 Å². The van der Waals surface area contributed by atoms with Crippen molar-refractivity contribution in [3.63, 3.8) is 0 Å². The van der Waals surface area contributed by atoms with Crippen molar-refractivity contribution in [2.75, 3.05) is 13.7 Å². The van der Waals surface area contributed by atoms with Crippen molar-refractivity contribution < 1.29 is 18.5 Å². The summed E-state index contributed by atoms with van der Waals surface area (Å²) in [5.41, 5.74) is 0. The van der Waals surface area contributed by atoms with E-state index in [0.29, 0.717) is 6.42 Å². The van der Waals surface area contributed by atoms with Gasteiger partial charge in [0.25, 0.3) is 0 Å². The standard InChI is InChI=1S/C4H11O4P/c1-3-4-8-9(5,6)7-2/h3-4H2,1-2H3,(H,5,6). The molecule has 5 heteroatoms. The van der Waals surface area contributed by atoms with Gasteiger partial charge in [0.1, 0.15) is 0 Å². The highest BCUT2D eigenvalue weighted by Crippen LogP contribution is 2.41. The average Bonchev–Trinajstić information content (AvgIpc) is 1.84. The van der Waals surface area contributed by atoms with Gasteiger partial charge in [-0.05, 0) is 6.42 Å². The molecule has 0 heterocycles. The maximum absolute atomic E-state index is 10.5. The summed E-state index contributed by atoms with van der Waals surface area (Å²) in [5.74, 6) is 0. The van der Waals surface area contributed by atoms with Crippen LogP contribution in [0.15, 0.2) is 0 Å². The topological polar surface area (TPSA) is 55.8 Å². The largest absolute Gasteiger partial charge is 0.471 e. The molecule has 0 fully saturated rings. The predicted molar refractivity (Wildman–Crippen MR) is 33.1 cm³/mol. The Morgan fingerprint density at radius 3 is 2.56 bits per heavy atom. The van der Waals surface area contributed by atoms with Gasteiger partial charge in [0.2, 0.25) is 0 Å². The molecule has 0 bridgehead atoms. The van der Waals surface area contributed by atoms with Gasteiger partial charge in [-0.3, -0.25) is 9.05 Å². The summed E-state index contributed by atoms with van der Waals surface area (Å²) in [6.45, 7) is 2.09. The molecule has 4 nitrogen and oxygen atoms in total. The summed E-state index contributed by atoms with van der Waals surface area (Å²) >= 11 is 0. The van der Waals surface area contributed by atoms with Gasteiger partial charge in [-0.1, -0.05) is 6.92 Å². The molecule has 0 radical (unpaired) electrons. The Morgan fingerprint density at radius 1 is 1.67 bits per heavy atom. The molecule has 0 saturated heterocycles. The lowest BCUT2D eigenvalue weighted by Gasteiger charge is -2.06. The summed E-state index contributed by atoms with van der Waals surface area (Å²) in [4.78, 5) is 8.57. The second-order valence-corrected chi connectivity index (χ2v) is 3.04. The van der Waals surface area contributed by atoms with Crippen LogP contribution >= 0.6 is 7.82 Å². The highest BCUT2D eigenvalue weighted by Gasteiger charge is 2.16. The first-order valence-corrected chi connectivity index (χ1v) is 4.15. The maximum Gasteiger partial charge on any atom is 0.471 e. The number of hydrogen-bond donors (Lipinski definition) is 1. The van der Waals surface area contributed by atoms with E-state index in [-0.39, 0.29) is 6.61 Å². The van der Waals surface area contributed by atoms with E-state index >= 15 is 0 Å². The van der Waals surface area contributed by atoms with Gasteiger partial charge in [0.05, 0.1) is 6.61 Å². The lowest BCUT2D eigenvalue weighted by Crippen LogP contribution is -1.91. The van der Waals surface area contributed by atoms with E-state index in [9.17, 15) is 4.57 Å². The van der Waals surface area contributed by atoms with Crippen LogP contribution in [0.2, 0.25) is 0 Å². The molecule has 0 aliphatic carbocycles. The van der Waals surface area contributed by atoms with Crippen LogP contribution in [-0.2, 0) is 13.6 Å². The van der Waals surface area contributed by atoms with E-state index in [1.54, 1.807) is 0 Å². The lowest BCUT2D eigenvalue weighted by molar-refractivity contribution is 0.173. The van der Waals surface area contributed by atoms with Crippen molar-refractivity contribution in [3.05, 3.63) is 0 Å². The van der Waals surface area contributed by atoms with Gasteiger partial charge in [0.15, 0.2) is 0 Å². The summed E-state index contributed by atoms with van der Waals surface area (Å²) < 4.78 is 19.0. The van der Waals surface area contributed by atoms with Crippen LogP contribution < -0.4 is 0 Å². The zero-order valence-electron chi connectivity index (χ0n) is 5.53. The van der Waals surface area contributed by atoms with E-state index in [1.807, 2.05) is 6.92 Å². The van der Waals surface area contributed by atoms with Crippen molar-refractivity contribution >= 4 is 7.82 Å². The monoisotopic (exact) mass is 154 g/mol. The molecule has 0 aliphatic heterocycles. The quantitative estimate of drug-likeness (QED) is 0.617. The SMILES string of the molecule is CCCOP(=O)(O)OC. The van der Waals surface area contributed by atoms with Crippen LogP contribution in [0.5, 0.6) is 0 Å². The molecule has 0 saturated carbocycles. The Morgan fingerprint density at radius 2 is 2.22 bits per heavy atom. The minimum absolute atomic E-state index is 0.252. The van der Waals surface area contributed by atoms with Gasteiger partial charge >= 0.3 is 7.82 Å². The fourth-order valence-electron chi connectivity index (χ4n) is 0.259. The first-order valence-electron chi connectivity index (χ1n) is 2.65. The highest BCUT2D eigenvalue weighted by molar-refractivity contribution is 7.47. The lowest BCUT2D eigenvalue weighted by atomic mass is 10.5. The van der Waals surface area contributed by atoms with Crippen molar-refractivity contribution in [1.29, 1.82) is 0 Å². The highest BCUT2D eigenvalue weighted by atomic mass is 31.2. The fraction of sp³-hybridized carbons (Fsp3) is 1.00. The van der Waals surface area contributed by atoms with Crippen molar-refractivity contribution in [2.24, 2.45) is 0 Å². The smallest absolute Gasteiger partial charge is 0.303 e. The van der Waals surface area contributed by atoms with E-state index in [1.165, 1.54) is 0 Å². The van der Waals surface area contributed by atoms with Crippen LogP contribution in [0.25, 0.3) is 0 Å². The number of phosphoric acid groups is 1. The maximum atomic E-state index is 10.5. The Kier molecular flexibility index (Phi) is 4.06. The second-order valence-electron chi connectivity index (χ2n) is 1.48. The zero-order chi connectivity index (χ0) is 7.33. The van der Waals surface area contributed by atoms with Gasteiger partial charge in [0, 0.05) is 7.11 Å². The van der Waals surface area contributed by atoms with Gasteiger partial charge in [-0.25, -0.2) is 4.57 Å². The minimum atomic E-state index is -3.69. The number of phosphoric ester groups is 1. The Labute approximate surface area is 54.4 Å². The molecule has 0 aliphatic rings. The Hall–Kier alpha value is 0.110. The normalized spacial score (nSPS) is 17.2. The predicted octanol–water partition coefficient (Wildman–Crippen LogP) is 1.16. The molecule has 1 N–H and O–H groups in total. The first kappa shape index (κ1) is 9.11. The van der Waals surface area contributed by atoms with E-state index < -0.39 is 7.82 Å². The second kappa shape index (κ2) is 4.01. The van der Waals surface area contributed by atoms with E-state index in [4.69, 9.17) is 4.89 Å². The molecule has 0 rings (SSSR count). The summed E-state index contributed by atoms with van der Waals surface area (Å²) in [7, 11) is -2.55. The molecule has 9 heavy (non-hydrogen) atoms. The third-order valence-corrected chi connectivity index (χ3v) is 1.66. The molecule has 0 spiro atoms. The summed E-state index contributed by atoms with van der Waals surface area (Å²) in [6, 6.07) is 0. The molecule has 1 atom stereocenters. The third kappa shape index (κ3) is 4.60. The Bertz CT molecular complexity index is 113. The molecule has 0 amide bonds. The number of rotatable bonds is 4. The molecule has 56 valence electrons. The van der Waals surface area contributed by atoms with Crippen LogP contribution in [0.1, 0.15) is 13.3 Å². The molecule has 0 aromatic carbocycles. The average molecular weight is 154 g/mol. The molecular formula is C4H11O4P. The van der Waals surface area contributed by atoms with Crippen molar-refractivity contribution in [3.8, 4) is 0 Å². The third-order valence-electron chi connectivity index (χ3n) is 0.689. The molecule has 1 unspecified atom stereocenters. The molecule has 0 aromatic heterocycles. The molecule has 0 aromatic rings. The van der Waals surface area contributed by atoms with Crippen LogP contribution in [0, 0.1) is 0 Å². The van der Waals surface area contributed by atoms with Crippen molar-refractivity contribution in [2.45, 2.75) is 13.3 Å². The number of hydrogen-bond acceptors (Lipinski definition) is 3. The summed E-state index contributed by atoms with van der Waals surface area (Å²) in [5, 5.41) is 0. The van der Waals surface area contributed by atoms with Crippen molar-refractivity contribution in [1.82, 2.24) is 0 Å². The minimum Gasteiger partial charge on any atom is -0.303 e.